The first kappa shape index (κ1) is 30.4. The summed E-state index contributed by atoms with van der Waals surface area (Å²) in [6.07, 6.45) is 0. The predicted molar refractivity (Wildman–Crippen MR) is 222 cm³/mol. The van der Waals surface area contributed by atoms with Crippen molar-refractivity contribution in [2.24, 2.45) is 0 Å². The van der Waals surface area contributed by atoms with E-state index in [1.54, 1.807) is 0 Å². The number of nitrogens with zero attached hydrogens (tertiary/aromatic N) is 1. The third kappa shape index (κ3) is 4.77. The van der Waals surface area contributed by atoms with Crippen LogP contribution in [0.4, 0.5) is 17.1 Å². The molecule has 0 spiro atoms. The molecule has 0 aromatic heterocycles. The maximum atomic E-state index is 2.42. The van der Waals surface area contributed by atoms with Crippen molar-refractivity contribution in [3.8, 4) is 33.4 Å². The Bertz CT molecular complexity index is 2810. The highest BCUT2D eigenvalue weighted by atomic mass is 15.1. The number of hydrogen-bond donors (Lipinski definition) is 0. The molecular weight excluding hydrogens is 627 g/mol. The van der Waals surface area contributed by atoms with Crippen LogP contribution in [0.1, 0.15) is 25.0 Å². The number of rotatable bonds is 5. The molecule has 0 heterocycles. The second-order valence-corrected chi connectivity index (χ2v) is 14.6. The van der Waals surface area contributed by atoms with Crippen molar-refractivity contribution in [2.75, 3.05) is 4.90 Å². The van der Waals surface area contributed by atoms with E-state index in [1.807, 2.05) is 0 Å². The van der Waals surface area contributed by atoms with E-state index in [9.17, 15) is 0 Å². The Morgan fingerprint density at radius 1 is 0.346 bits per heavy atom. The van der Waals surface area contributed by atoms with Gasteiger partial charge < -0.3 is 4.90 Å². The third-order valence-electron chi connectivity index (χ3n) is 11.2. The summed E-state index contributed by atoms with van der Waals surface area (Å²) in [7, 11) is 0. The average Bonchev–Trinajstić information content (AvgIpc) is 3.43. The molecule has 0 atom stereocenters. The fourth-order valence-corrected chi connectivity index (χ4v) is 8.64. The average molecular weight is 664 g/mol. The highest BCUT2D eigenvalue weighted by molar-refractivity contribution is 6.23. The summed E-state index contributed by atoms with van der Waals surface area (Å²) in [6, 6.07) is 69.1. The maximum absolute atomic E-state index is 2.42. The van der Waals surface area contributed by atoms with Crippen molar-refractivity contribution in [3.05, 3.63) is 199 Å². The van der Waals surface area contributed by atoms with Crippen LogP contribution in [0.3, 0.4) is 0 Å². The zero-order valence-corrected chi connectivity index (χ0v) is 29.3. The van der Waals surface area contributed by atoms with Crippen LogP contribution in [0.2, 0.25) is 0 Å². The van der Waals surface area contributed by atoms with Gasteiger partial charge in [-0.05, 0) is 119 Å². The van der Waals surface area contributed by atoms with Gasteiger partial charge in [0.1, 0.15) is 0 Å². The number of hydrogen-bond acceptors (Lipinski definition) is 1. The van der Waals surface area contributed by atoms with E-state index in [4.69, 9.17) is 0 Å². The van der Waals surface area contributed by atoms with E-state index < -0.39 is 0 Å². The van der Waals surface area contributed by atoms with Gasteiger partial charge in [0, 0.05) is 22.5 Å². The summed E-state index contributed by atoms with van der Waals surface area (Å²) in [5, 5.41) is 7.71. The summed E-state index contributed by atoms with van der Waals surface area (Å²) in [6.45, 7) is 4.71. The van der Waals surface area contributed by atoms with Crippen LogP contribution in [0.15, 0.2) is 188 Å². The van der Waals surface area contributed by atoms with Crippen molar-refractivity contribution in [3.63, 3.8) is 0 Å². The van der Waals surface area contributed by atoms with E-state index in [2.05, 4.69) is 207 Å². The highest BCUT2D eigenvalue weighted by Crippen LogP contribution is 2.51. The molecule has 9 aromatic carbocycles. The van der Waals surface area contributed by atoms with Gasteiger partial charge in [-0.15, -0.1) is 0 Å². The first-order valence-electron chi connectivity index (χ1n) is 18.2. The number of benzene rings is 9. The zero-order chi connectivity index (χ0) is 34.8. The summed E-state index contributed by atoms with van der Waals surface area (Å²) in [5.41, 5.74) is 13.6. The van der Waals surface area contributed by atoms with Crippen molar-refractivity contribution in [1.29, 1.82) is 0 Å². The largest absolute Gasteiger partial charge is 0.310 e. The van der Waals surface area contributed by atoms with Gasteiger partial charge in [-0.3, -0.25) is 0 Å². The monoisotopic (exact) mass is 663 g/mol. The first-order valence-corrected chi connectivity index (χ1v) is 18.2. The van der Waals surface area contributed by atoms with E-state index in [0.29, 0.717) is 0 Å². The SMILES string of the molecule is CC1(C)c2ccccc2-c2ccc(N(c3ccc(-c4cc5ccc6ccccc6c5c5ccccc45)cc3)c3cccc(-c4ccccc4)c3)cc21. The summed E-state index contributed by atoms with van der Waals surface area (Å²) >= 11 is 0. The van der Waals surface area contributed by atoms with Gasteiger partial charge in [0.2, 0.25) is 0 Å². The molecule has 9 aromatic rings. The zero-order valence-electron chi connectivity index (χ0n) is 29.3. The second-order valence-electron chi connectivity index (χ2n) is 14.6. The van der Waals surface area contributed by atoms with Crippen LogP contribution in [-0.2, 0) is 5.41 Å². The third-order valence-corrected chi connectivity index (χ3v) is 11.2. The molecular formula is C51H37N. The maximum Gasteiger partial charge on any atom is 0.0467 e. The molecule has 1 nitrogen and oxygen atoms in total. The lowest BCUT2D eigenvalue weighted by atomic mass is 9.82. The van der Waals surface area contributed by atoms with Crippen molar-refractivity contribution < 1.29 is 0 Å². The van der Waals surface area contributed by atoms with Crippen molar-refractivity contribution in [2.45, 2.75) is 19.3 Å². The molecule has 1 aliphatic carbocycles. The smallest absolute Gasteiger partial charge is 0.0467 e. The van der Waals surface area contributed by atoms with Crippen LogP contribution in [0.25, 0.3) is 65.7 Å². The summed E-state index contributed by atoms with van der Waals surface area (Å²) < 4.78 is 0. The Kier molecular flexibility index (Phi) is 6.91. The Labute approximate surface area is 305 Å². The molecule has 0 fully saturated rings. The number of fused-ring (bicyclic) bond motifs is 8. The highest BCUT2D eigenvalue weighted by Gasteiger charge is 2.35. The van der Waals surface area contributed by atoms with Gasteiger partial charge in [-0.25, -0.2) is 0 Å². The fourth-order valence-electron chi connectivity index (χ4n) is 8.64. The van der Waals surface area contributed by atoms with Gasteiger partial charge in [0.05, 0.1) is 0 Å². The molecule has 52 heavy (non-hydrogen) atoms. The van der Waals surface area contributed by atoms with E-state index in [0.717, 1.165) is 17.1 Å². The second kappa shape index (κ2) is 11.8. The Hall–Kier alpha value is -6.44. The summed E-state index contributed by atoms with van der Waals surface area (Å²) in [4.78, 5) is 2.42. The van der Waals surface area contributed by atoms with Crippen molar-refractivity contribution in [1.82, 2.24) is 0 Å². The lowest BCUT2D eigenvalue weighted by Crippen LogP contribution is -2.16. The van der Waals surface area contributed by atoms with Gasteiger partial charge in [-0.2, -0.15) is 0 Å². The Morgan fingerprint density at radius 2 is 0.981 bits per heavy atom. The molecule has 246 valence electrons. The summed E-state index contributed by atoms with van der Waals surface area (Å²) in [5.74, 6) is 0. The number of anilines is 3. The minimum atomic E-state index is -0.0915. The van der Waals surface area contributed by atoms with E-state index >= 15 is 0 Å². The molecule has 1 aliphatic rings. The normalized spacial score (nSPS) is 13.0. The fraction of sp³-hybridized carbons (Fsp3) is 0.0588. The lowest BCUT2D eigenvalue weighted by molar-refractivity contribution is 0.660. The minimum absolute atomic E-state index is 0.0915. The lowest BCUT2D eigenvalue weighted by Gasteiger charge is -2.28. The van der Waals surface area contributed by atoms with Crippen LogP contribution in [0.5, 0.6) is 0 Å². The topological polar surface area (TPSA) is 3.24 Å². The molecule has 0 saturated carbocycles. The van der Waals surface area contributed by atoms with Crippen LogP contribution < -0.4 is 4.90 Å². The molecule has 0 aliphatic heterocycles. The van der Waals surface area contributed by atoms with Crippen LogP contribution in [0, 0.1) is 0 Å². The standard InChI is InChI=1S/C51H37N/c1-51(2)48-22-11-10-20-44(48)45-30-29-41(33-49(45)51)52(40-17-12-16-37(31-40)34-13-4-3-5-14-34)39-27-25-36(26-28-39)47-32-38-24-23-35-15-6-7-18-42(35)50(38)46-21-9-8-19-43(46)47/h3-33H,1-2H3. The molecule has 0 radical (unpaired) electrons. The quantitative estimate of drug-likeness (QED) is 0.166. The van der Waals surface area contributed by atoms with E-state index in [1.165, 1.54) is 76.8 Å². The molecule has 10 rings (SSSR count). The molecule has 1 heteroatoms. The first-order chi connectivity index (χ1) is 25.5. The molecule has 0 amide bonds. The molecule has 0 N–H and O–H groups in total. The molecule has 0 saturated heterocycles. The van der Waals surface area contributed by atoms with Crippen LogP contribution >= 0.6 is 0 Å². The van der Waals surface area contributed by atoms with Gasteiger partial charge in [-0.1, -0.05) is 159 Å². The van der Waals surface area contributed by atoms with Crippen molar-refractivity contribution >= 4 is 49.4 Å². The van der Waals surface area contributed by atoms with E-state index in [-0.39, 0.29) is 5.41 Å². The molecule has 0 unspecified atom stereocenters. The Balaban J connectivity index is 1.13. The van der Waals surface area contributed by atoms with Crippen LogP contribution in [-0.4, -0.2) is 0 Å². The van der Waals surface area contributed by atoms with Gasteiger partial charge in [0.25, 0.3) is 0 Å². The van der Waals surface area contributed by atoms with Gasteiger partial charge in [0.15, 0.2) is 0 Å². The molecule has 0 bridgehead atoms. The predicted octanol–water partition coefficient (Wildman–Crippen LogP) is 14.3. The van der Waals surface area contributed by atoms with Gasteiger partial charge >= 0.3 is 0 Å². The Morgan fingerprint density at radius 3 is 1.83 bits per heavy atom. The minimum Gasteiger partial charge on any atom is -0.310 e.